The summed E-state index contributed by atoms with van der Waals surface area (Å²) in [6, 6.07) is 0. The van der Waals surface area contributed by atoms with Gasteiger partial charge in [-0.2, -0.15) is 0 Å². The monoisotopic (exact) mass is 388 g/mol. The molecular weight excluding hydrogens is 362 g/mol. The Bertz CT molecular complexity index is 686. The first-order valence-electron chi connectivity index (χ1n) is 9.38. The SMILES string of the molecule is CCOC(=O)C(CC1C[C@@H](F)[C@@H](F)C1)C1=CCC(S(=O)(=O)C2CC2)C=C1. The highest BCUT2D eigenvalue weighted by atomic mass is 32.2. The van der Waals surface area contributed by atoms with E-state index in [9.17, 15) is 22.0 Å². The molecule has 4 nitrogen and oxygen atoms in total. The highest BCUT2D eigenvalue weighted by molar-refractivity contribution is 7.93. The number of sulfone groups is 1. The van der Waals surface area contributed by atoms with Gasteiger partial charge in [0.25, 0.3) is 0 Å². The number of alkyl halides is 2. The maximum absolute atomic E-state index is 13.5. The van der Waals surface area contributed by atoms with E-state index in [-0.39, 0.29) is 30.6 Å². The van der Waals surface area contributed by atoms with Gasteiger partial charge < -0.3 is 4.74 Å². The smallest absolute Gasteiger partial charge is 0.313 e. The van der Waals surface area contributed by atoms with E-state index in [1.807, 2.05) is 0 Å². The van der Waals surface area contributed by atoms with Crippen molar-refractivity contribution in [2.45, 2.75) is 68.3 Å². The molecule has 0 amide bonds. The second-order valence-corrected chi connectivity index (χ2v) is 9.99. The van der Waals surface area contributed by atoms with Crippen LogP contribution in [0, 0.1) is 11.8 Å². The Morgan fingerprint density at radius 2 is 1.92 bits per heavy atom. The molecule has 0 aliphatic heterocycles. The molecule has 0 aromatic rings. The van der Waals surface area contributed by atoms with Crippen LogP contribution in [0.4, 0.5) is 8.78 Å². The van der Waals surface area contributed by atoms with Gasteiger partial charge in [0.2, 0.25) is 0 Å². The van der Waals surface area contributed by atoms with Crippen molar-refractivity contribution in [3.63, 3.8) is 0 Å². The molecule has 0 radical (unpaired) electrons. The van der Waals surface area contributed by atoms with Gasteiger partial charge in [0.05, 0.1) is 23.0 Å². The van der Waals surface area contributed by atoms with Crippen LogP contribution in [0.2, 0.25) is 0 Å². The van der Waals surface area contributed by atoms with Gasteiger partial charge in [-0.25, -0.2) is 17.2 Å². The number of carbonyl (C=O) groups excluding carboxylic acids is 1. The van der Waals surface area contributed by atoms with Crippen LogP contribution in [0.15, 0.2) is 23.8 Å². The topological polar surface area (TPSA) is 60.4 Å². The predicted molar refractivity (Wildman–Crippen MR) is 94.8 cm³/mol. The summed E-state index contributed by atoms with van der Waals surface area (Å²) in [7, 11) is -3.15. The molecular formula is C19H26F2O4S. The van der Waals surface area contributed by atoms with Gasteiger partial charge in [-0.15, -0.1) is 0 Å². The lowest BCUT2D eigenvalue weighted by Gasteiger charge is -2.24. The normalized spacial score (nSPS) is 33.0. The van der Waals surface area contributed by atoms with Crippen molar-refractivity contribution in [3.05, 3.63) is 23.8 Å². The van der Waals surface area contributed by atoms with Crippen LogP contribution in [0.5, 0.6) is 0 Å². The fraction of sp³-hybridized carbons (Fsp3) is 0.737. The Balaban J connectivity index is 1.70. The summed E-state index contributed by atoms with van der Waals surface area (Å²) in [5.74, 6) is -1.22. The maximum Gasteiger partial charge on any atom is 0.313 e. The van der Waals surface area contributed by atoms with Crippen molar-refractivity contribution in [2.75, 3.05) is 6.61 Å². The molecule has 3 aliphatic carbocycles. The van der Waals surface area contributed by atoms with Crippen molar-refractivity contribution >= 4 is 15.8 Å². The summed E-state index contributed by atoms with van der Waals surface area (Å²) in [6.45, 7) is 1.94. The Morgan fingerprint density at radius 3 is 2.42 bits per heavy atom. The number of rotatable bonds is 7. The van der Waals surface area contributed by atoms with Crippen molar-refractivity contribution in [3.8, 4) is 0 Å². The van der Waals surface area contributed by atoms with E-state index in [0.29, 0.717) is 18.4 Å². The maximum atomic E-state index is 13.5. The molecule has 2 saturated carbocycles. The minimum absolute atomic E-state index is 0.118. The van der Waals surface area contributed by atoms with E-state index >= 15 is 0 Å². The Hall–Kier alpha value is -1.24. The zero-order valence-electron chi connectivity index (χ0n) is 14.9. The first-order valence-corrected chi connectivity index (χ1v) is 11.0. The van der Waals surface area contributed by atoms with Crippen LogP contribution >= 0.6 is 0 Å². The zero-order valence-corrected chi connectivity index (χ0v) is 15.8. The van der Waals surface area contributed by atoms with Crippen molar-refractivity contribution in [2.24, 2.45) is 11.8 Å². The highest BCUT2D eigenvalue weighted by Crippen LogP contribution is 2.39. The molecule has 0 bridgehead atoms. The molecule has 3 rings (SSSR count). The Morgan fingerprint density at radius 1 is 1.27 bits per heavy atom. The van der Waals surface area contributed by atoms with Gasteiger partial charge in [0.15, 0.2) is 9.84 Å². The van der Waals surface area contributed by atoms with Gasteiger partial charge in [0.1, 0.15) is 12.3 Å². The van der Waals surface area contributed by atoms with E-state index in [0.717, 1.165) is 12.8 Å². The lowest BCUT2D eigenvalue weighted by molar-refractivity contribution is -0.147. The molecule has 2 fully saturated rings. The highest BCUT2D eigenvalue weighted by Gasteiger charge is 2.41. The summed E-state index contributed by atoms with van der Waals surface area (Å²) in [5, 5.41) is -0.770. The third-order valence-electron chi connectivity index (χ3n) is 5.55. The Kier molecular flexibility index (Phi) is 5.85. The molecule has 5 atom stereocenters. The number of hydrogen-bond donors (Lipinski definition) is 0. The summed E-state index contributed by atoms with van der Waals surface area (Å²) in [4.78, 5) is 12.4. The molecule has 0 aromatic heterocycles. The van der Waals surface area contributed by atoms with Crippen LogP contribution in [-0.2, 0) is 19.4 Å². The largest absolute Gasteiger partial charge is 0.466 e. The Labute approximate surface area is 153 Å². The summed E-state index contributed by atoms with van der Waals surface area (Å²) in [5.41, 5.74) is 0.698. The van der Waals surface area contributed by atoms with Crippen LogP contribution in [0.3, 0.4) is 0 Å². The fourth-order valence-corrected chi connectivity index (χ4v) is 5.88. The summed E-state index contributed by atoms with van der Waals surface area (Å²) in [6.07, 6.45) is 4.54. The lowest BCUT2D eigenvalue weighted by atomic mass is 9.85. The first-order chi connectivity index (χ1) is 12.3. The van der Waals surface area contributed by atoms with E-state index in [2.05, 4.69) is 0 Å². The molecule has 26 heavy (non-hydrogen) atoms. The molecule has 146 valence electrons. The minimum atomic E-state index is -3.15. The van der Waals surface area contributed by atoms with Crippen LogP contribution in [0.25, 0.3) is 0 Å². The van der Waals surface area contributed by atoms with Gasteiger partial charge in [0, 0.05) is 0 Å². The van der Waals surface area contributed by atoms with Crippen molar-refractivity contribution in [1.82, 2.24) is 0 Å². The molecule has 3 aliphatic rings. The molecule has 0 aromatic carbocycles. The molecule has 0 heterocycles. The van der Waals surface area contributed by atoms with Crippen molar-refractivity contribution in [1.29, 1.82) is 0 Å². The predicted octanol–water partition coefficient (Wildman–Crippen LogP) is 3.47. The summed E-state index contributed by atoms with van der Waals surface area (Å²) >= 11 is 0. The number of esters is 1. The van der Waals surface area contributed by atoms with E-state index in [1.54, 1.807) is 25.2 Å². The lowest BCUT2D eigenvalue weighted by Crippen LogP contribution is -2.27. The molecule has 0 spiro atoms. The van der Waals surface area contributed by atoms with E-state index < -0.39 is 39.3 Å². The van der Waals surface area contributed by atoms with Crippen LogP contribution in [0.1, 0.15) is 45.4 Å². The van der Waals surface area contributed by atoms with Gasteiger partial charge in [-0.1, -0.05) is 18.2 Å². The zero-order chi connectivity index (χ0) is 18.9. The second-order valence-electron chi connectivity index (χ2n) is 7.54. The number of carbonyl (C=O) groups is 1. The number of allylic oxidation sites excluding steroid dienone is 2. The average Bonchev–Trinajstić information content (AvgIpc) is 3.41. The van der Waals surface area contributed by atoms with Crippen molar-refractivity contribution < 1.29 is 26.7 Å². The number of hydrogen-bond acceptors (Lipinski definition) is 4. The fourth-order valence-electron chi connectivity index (χ4n) is 3.93. The minimum Gasteiger partial charge on any atom is -0.466 e. The number of ether oxygens (including phenoxy) is 1. The van der Waals surface area contributed by atoms with Crippen LogP contribution in [-0.4, -0.2) is 43.8 Å². The summed E-state index contributed by atoms with van der Waals surface area (Å²) < 4.78 is 56.8. The molecule has 3 unspecified atom stereocenters. The number of halogens is 2. The first kappa shape index (κ1) is 19.5. The third-order valence-corrected chi connectivity index (χ3v) is 8.15. The van der Waals surface area contributed by atoms with E-state index in [1.165, 1.54) is 0 Å². The molecule has 0 saturated heterocycles. The molecule has 0 N–H and O–H groups in total. The average molecular weight is 388 g/mol. The van der Waals surface area contributed by atoms with Crippen LogP contribution < -0.4 is 0 Å². The molecule has 7 heteroatoms. The quantitative estimate of drug-likeness (QED) is 0.627. The van der Waals surface area contributed by atoms with E-state index in [4.69, 9.17) is 4.74 Å². The van der Waals surface area contributed by atoms with Gasteiger partial charge in [-0.3, -0.25) is 4.79 Å². The van der Waals surface area contributed by atoms with Gasteiger partial charge >= 0.3 is 5.97 Å². The second kappa shape index (κ2) is 7.79. The third kappa shape index (κ3) is 4.18. The van der Waals surface area contributed by atoms with Gasteiger partial charge in [-0.05, 0) is 56.9 Å². The standard InChI is InChI=1S/C19H26F2O4S/c1-2-25-19(22)16(9-12-10-17(20)18(21)11-12)13-3-5-14(6-4-13)26(23,24)15-7-8-15/h3-5,12,14-18H,2,6-11H2,1H3/t12?,14?,16?,17-,18+.